The Balaban J connectivity index is 1.65. The minimum Gasteiger partial charge on any atom is -0.398 e. The maximum Gasteiger partial charge on any atom is 0.161 e. The molecule has 1 aromatic rings. The summed E-state index contributed by atoms with van der Waals surface area (Å²) in [6.07, 6.45) is 2.83. The summed E-state index contributed by atoms with van der Waals surface area (Å²) in [4.78, 5) is 16.5. The van der Waals surface area contributed by atoms with Gasteiger partial charge in [0.15, 0.2) is 5.78 Å². The second-order valence-electron chi connectivity index (χ2n) is 6.06. The molecule has 1 saturated carbocycles. The number of carbonyl (C=O) groups is 1. The van der Waals surface area contributed by atoms with Crippen molar-refractivity contribution in [3.05, 3.63) is 23.8 Å². The quantitative estimate of drug-likeness (QED) is 0.673. The molecule has 1 heterocycles. The smallest absolute Gasteiger partial charge is 0.161 e. The molecule has 1 aliphatic heterocycles. The van der Waals surface area contributed by atoms with Crippen LogP contribution >= 0.6 is 0 Å². The van der Waals surface area contributed by atoms with E-state index in [1.54, 1.807) is 6.92 Å². The number of anilines is 2. The van der Waals surface area contributed by atoms with Crippen LogP contribution in [0.5, 0.6) is 0 Å². The number of rotatable bonds is 4. The molecule has 0 atom stereocenters. The predicted molar refractivity (Wildman–Crippen MR) is 82.2 cm³/mol. The van der Waals surface area contributed by atoms with Gasteiger partial charge in [-0.2, -0.15) is 0 Å². The second-order valence-corrected chi connectivity index (χ2v) is 6.06. The normalized spacial score (nSPS) is 20.1. The van der Waals surface area contributed by atoms with Gasteiger partial charge in [0.2, 0.25) is 0 Å². The van der Waals surface area contributed by atoms with E-state index in [9.17, 15) is 4.79 Å². The topological polar surface area (TPSA) is 49.6 Å². The van der Waals surface area contributed by atoms with E-state index in [-0.39, 0.29) is 5.78 Å². The van der Waals surface area contributed by atoms with Gasteiger partial charge in [-0.15, -0.1) is 0 Å². The molecule has 0 amide bonds. The molecule has 20 heavy (non-hydrogen) atoms. The summed E-state index contributed by atoms with van der Waals surface area (Å²) in [5.41, 5.74) is 8.20. The van der Waals surface area contributed by atoms with E-state index >= 15 is 0 Å². The van der Waals surface area contributed by atoms with Gasteiger partial charge in [0.25, 0.3) is 0 Å². The first-order chi connectivity index (χ1) is 9.63. The third-order valence-corrected chi connectivity index (χ3v) is 4.37. The molecular weight excluding hydrogens is 250 g/mol. The molecule has 0 radical (unpaired) electrons. The molecular formula is C16H23N3O. The highest BCUT2D eigenvalue weighted by atomic mass is 16.1. The predicted octanol–water partition coefficient (Wildman–Crippen LogP) is 2.00. The minimum absolute atomic E-state index is 0.0386. The van der Waals surface area contributed by atoms with Gasteiger partial charge in [-0.25, -0.2) is 0 Å². The number of nitrogen functional groups attached to an aromatic ring is 1. The zero-order valence-corrected chi connectivity index (χ0v) is 12.1. The fourth-order valence-electron chi connectivity index (χ4n) is 2.90. The van der Waals surface area contributed by atoms with Crippen molar-refractivity contribution in [1.29, 1.82) is 0 Å². The Bertz CT molecular complexity index is 502. The van der Waals surface area contributed by atoms with Crippen LogP contribution in [0.2, 0.25) is 0 Å². The Labute approximate surface area is 120 Å². The monoisotopic (exact) mass is 273 g/mol. The van der Waals surface area contributed by atoms with Crippen molar-refractivity contribution in [2.75, 3.05) is 43.4 Å². The van der Waals surface area contributed by atoms with Crippen LogP contribution in [-0.4, -0.2) is 43.4 Å². The lowest BCUT2D eigenvalue weighted by Crippen LogP contribution is -2.47. The van der Waals surface area contributed by atoms with Crippen LogP contribution in [0.4, 0.5) is 11.4 Å². The van der Waals surface area contributed by atoms with Crippen molar-refractivity contribution in [3.8, 4) is 0 Å². The van der Waals surface area contributed by atoms with Crippen molar-refractivity contribution in [2.24, 2.45) is 5.92 Å². The average Bonchev–Trinajstić information content (AvgIpc) is 3.24. The van der Waals surface area contributed by atoms with Crippen molar-refractivity contribution >= 4 is 17.2 Å². The summed E-state index contributed by atoms with van der Waals surface area (Å²) in [6, 6.07) is 5.81. The minimum atomic E-state index is 0.0386. The van der Waals surface area contributed by atoms with Crippen LogP contribution in [0, 0.1) is 5.92 Å². The van der Waals surface area contributed by atoms with Crippen LogP contribution < -0.4 is 10.6 Å². The molecule has 108 valence electrons. The highest BCUT2D eigenvalue weighted by molar-refractivity contribution is 6.00. The van der Waals surface area contributed by atoms with Crippen LogP contribution in [-0.2, 0) is 0 Å². The van der Waals surface area contributed by atoms with Gasteiger partial charge in [-0.1, -0.05) is 0 Å². The van der Waals surface area contributed by atoms with Crippen LogP contribution in [0.3, 0.4) is 0 Å². The first kappa shape index (κ1) is 13.4. The van der Waals surface area contributed by atoms with Gasteiger partial charge in [0.1, 0.15) is 0 Å². The van der Waals surface area contributed by atoms with E-state index in [2.05, 4.69) is 9.80 Å². The van der Waals surface area contributed by atoms with E-state index in [1.807, 2.05) is 18.2 Å². The van der Waals surface area contributed by atoms with Gasteiger partial charge in [0, 0.05) is 49.7 Å². The molecule has 0 aromatic heterocycles. The highest BCUT2D eigenvalue weighted by Gasteiger charge is 2.26. The number of piperazine rings is 1. The molecule has 0 bridgehead atoms. The molecule has 0 unspecified atom stereocenters. The second kappa shape index (κ2) is 5.44. The number of carbonyl (C=O) groups excluding carboxylic acids is 1. The van der Waals surface area contributed by atoms with E-state index in [1.165, 1.54) is 19.4 Å². The van der Waals surface area contributed by atoms with E-state index in [0.717, 1.165) is 37.8 Å². The van der Waals surface area contributed by atoms with Gasteiger partial charge in [0.05, 0.1) is 0 Å². The van der Waals surface area contributed by atoms with E-state index in [4.69, 9.17) is 5.73 Å². The summed E-state index contributed by atoms with van der Waals surface area (Å²) >= 11 is 0. The van der Waals surface area contributed by atoms with Crippen molar-refractivity contribution in [1.82, 2.24) is 4.90 Å². The molecule has 1 saturated heterocycles. The Hall–Kier alpha value is -1.55. The number of ketones is 1. The van der Waals surface area contributed by atoms with Crippen molar-refractivity contribution < 1.29 is 4.79 Å². The third kappa shape index (κ3) is 2.96. The summed E-state index contributed by atoms with van der Waals surface area (Å²) in [5, 5.41) is 0. The first-order valence-electron chi connectivity index (χ1n) is 7.51. The third-order valence-electron chi connectivity index (χ3n) is 4.37. The van der Waals surface area contributed by atoms with Crippen LogP contribution in [0.25, 0.3) is 0 Å². The summed E-state index contributed by atoms with van der Waals surface area (Å²) in [6.45, 7) is 7.16. The SMILES string of the molecule is CC(=O)c1cc(N2CCN(CC3CC3)CC2)ccc1N. The number of nitrogens with zero attached hydrogens (tertiary/aromatic N) is 2. The van der Waals surface area contributed by atoms with Gasteiger partial charge < -0.3 is 10.6 Å². The lowest BCUT2D eigenvalue weighted by molar-refractivity contribution is 0.101. The molecule has 1 aromatic carbocycles. The van der Waals surface area contributed by atoms with Gasteiger partial charge >= 0.3 is 0 Å². The number of Topliss-reactive ketones (excluding diaryl/α,β-unsaturated/α-hetero) is 1. The van der Waals surface area contributed by atoms with E-state index in [0.29, 0.717) is 11.3 Å². The lowest BCUT2D eigenvalue weighted by atomic mass is 10.1. The Morgan fingerprint density at radius 1 is 1.25 bits per heavy atom. The summed E-state index contributed by atoms with van der Waals surface area (Å²) < 4.78 is 0. The highest BCUT2D eigenvalue weighted by Crippen LogP contribution is 2.30. The summed E-state index contributed by atoms with van der Waals surface area (Å²) in [5.74, 6) is 0.999. The number of benzene rings is 1. The maximum atomic E-state index is 11.6. The lowest BCUT2D eigenvalue weighted by Gasteiger charge is -2.36. The Morgan fingerprint density at radius 2 is 1.95 bits per heavy atom. The number of hydrogen-bond acceptors (Lipinski definition) is 4. The molecule has 0 spiro atoms. The number of nitrogens with two attached hydrogens (primary N) is 1. The molecule has 2 aliphatic rings. The maximum absolute atomic E-state index is 11.6. The zero-order valence-electron chi connectivity index (χ0n) is 12.1. The molecule has 1 aliphatic carbocycles. The fourth-order valence-corrected chi connectivity index (χ4v) is 2.90. The van der Waals surface area contributed by atoms with Crippen LogP contribution in [0.15, 0.2) is 18.2 Å². The standard InChI is InChI=1S/C16H23N3O/c1-12(20)15-10-14(4-5-16(15)17)19-8-6-18(7-9-19)11-13-2-3-13/h4-5,10,13H,2-3,6-9,11,17H2,1H3. The molecule has 2 N–H and O–H groups in total. The largest absolute Gasteiger partial charge is 0.398 e. The van der Waals surface area contributed by atoms with Crippen molar-refractivity contribution in [2.45, 2.75) is 19.8 Å². The number of hydrogen-bond donors (Lipinski definition) is 1. The molecule has 4 heteroatoms. The zero-order chi connectivity index (χ0) is 14.1. The average molecular weight is 273 g/mol. The molecule has 3 rings (SSSR count). The fraction of sp³-hybridized carbons (Fsp3) is 0.562. The van der Waals surface area contributed by atoms with E-state index < -0.39 is 0 Å². The Kier molecular flexibility index (Phi) is 3.66. The first-order valence-corrected chi connectivity index (χ1v) is 7.51. The molecule has 4 nitrogen and oxygen atoms in total. The van der Waals surface area contributed by atoms with Gasteiger partial charge in [-0.3, -0.25) is 9.69 Å². The molecule has 2 fully saturated rings. The summed E-state index contributed by atoms with van der Waals surface area (Å²) in [7, 11) is 0. The van der Waals surface area contributed by atoms with Crippen molar-refractivity contribution in [3.63, 3.8) is 0 Å². The van der Waals surface area contributed by atoms with Crippen LogP contribution in [0.1, 0.15) is 30.1 Å². The Morgan fingerprint density at radius 3 is 2.55 bits per heavy atom. The van der Waals surface area contributed by atoms with Gasteiger partial charge in [-0.05, 0) is 43.9 Å².